The first-order valence-electron chi connectivity index (χ1n) is 3.41. The van der Waals surface area contributed by atoms with E-state index < -0.39 is 0 Å². The Morgan fingerprint density at radius 3 is 2.75 bits per heavy atom. The number of hydrogen-bond donors (Lipinski definition) is 0. The summed E-state index contributed by atoms with van der Waals surface area (Å²) in [5.74, 6) is 0.211. The summed E-state index contributed by atoms with van der Waals surface area (Å²) in [7, 11) is 2.87. The molecule has 0 aromatic heterocycles. The summed E-state index contributed by atoms with van der Waals surface area (Å²) in [6.45, 7) is 0. The van der Waals surface area contributed by atoms with Crippen molar-refractivity contribution in [1.82, 2.24) is 0 Å². The summed E-state index contributed by atoms with van der Waals surface area (Å²) in [4.78, 5) is 11.0. The predicted molar refractivity (Wildman–Crippen MR) is 43.2 cm³/mol. The number of carbonyl (C=O) groups is 1. The van der Waals surface area contributed by atoms with Gasteiger partial charge in [0.15, 0.2) is 0 Å². The Bertz CT molecular complexity index is 281. The third-order valence-corrected chi connectivity index (χ3v) is 1.42. The van der Waals surface area contributed by atoms with Crippen molar-refractivity contribution in [3.63, 3.8) is 0 Å². The minimum Gasteiger partial charge on any atom is -0.497 e. The molecule has 3 heteroatoms. The number of esters is 1. The van der Waals surface area contributed by atoms with Crippen LogP contribution in [0, 0.1) is 6.07 Å². The lowest BCUT2D eigenvalue weighted by Crippen LogP contribution is -2.00. The highest BCUT2D eigenvalue weighted by Gasteiger charge is 2.04. The number of carbonyl (C=O) groups excluding carboxylic acids is 1. The van der Waals surface area contributed by atoms with Crippen molar-refractivity contribution < 1.29 is 14.3 Å². The van der Waals surface area contributed by atoms with E-state index in [4.69, 9.17) is 4.74 Å². The lowest BCUT2D eigenvalue weighted by molar-refractivity contribution is 0.0600. The van der Waals surface area contributed by atoms with E-state index >= 15 is 0 Å². The van der Waals surface area contributed by atoms with Crippen molar-refractivity contribution in [3.05, 3.63) is 29.8 Å². The highest BCUT2D eigenvalue weighted by molar-refractivity contribution is 5.89. The van der Waals surface area contributed by atoms with Gasteiger partial charge in [0, 0.05) is 0 Å². The molecule has 0 atom stereocenters. The zero-order valence-corrected chi connectivity index (χ0v) is 6.96. The summed E-state index contributed by atoms with van der Waals surface area (Å²) >= 11 is 0. The van der Waals surface area contributed by atoms with E-state index in [0.717, 1.165) is 0 Å². The molecule has 1 aromatic carbocycles. The largest absolute Gasteiger partial charge is 0.497 e. The molecule has 0 saturated carbocycles. The summed E-state index contributed by atoms with van der Waals surface area (Å²) in [5.41, 5.74) is 0.442. The molecule has 0 aliphatic heterocycles. The van der Waals surface area contributed by atoms with Crippen LogP contribution in [-0.2, 0) is 4.74 Å². The Morgan fingerprint density at radius 1 is 1.42 bits per heavy atom. The van der Waals surface area contributed by atoms with E-state index in [1.165, 1.54) is 14.2 Å². The van der Waals surface area contributed by atoms with Gasteiger partial charge in [0.2, 0.25) is 0 Å². The van der Waals surface area contributed by atoms with Crippen LogP contribution in [0.25, 0.3) is 0 Å². The van der Waals surface area contributed by atoms with E-state index in [1.807, 2.05) is 0 Å². The molecule has 0 fully saturated rings. The van der Waals surface area contributed by atoms with Crippen LogP contribution in [0.2, 0.25) is 0 Å². The van der Waals surface area contributed by atoms with Gasteiger partial charge in [-0.15, -0.1) is 0 Å². The zero-order chi connectivity index (χ0) is 8.97. The molecule has 0 unspecified atom stereocenters. The zero-order valence-electron chi connectivity index (χ0n) is 6.96. The molecule has 0 N–H and O–H groups in total. The maximum absolute atomic E-state index is 11.0. The monoisotopic (exact) mass is 165 g/mol. The molecule has 0 aliphatic carbocycles. The predicted octanol–water partition coefficient (Wildman–Crippen LogP) is 1.28. The van der Waals surface area contributed by atoms with E-state index in [9.17, 15) is 4.79 Å². The standard InChI is InChI=1S/C9H9O3/c1-11-8-5-3-4-7(6-8)9(10)12-2/h4-6H,1-2H3. The first-order valence-corrected chi connectivity index (χ1v) is 3.41. The fourth-order valence-electron chi connectivity index (χ4n) is 0.804. The molecule has 1 rings (SSSR count). The van der Waals surface area contributed by atoms with Gasteiger partial charge in [0.1, 0.15) is 5.75 Å². The molecular formula is C9H9O3. The second-order valence-electron chi connectivity index (χ2n) is 2.15. The van der Waals surface area contributed by atoms with Crippen molar-refractivity contribution in [2.24, 2.45) is 0 Å². The van der Waals surface area contributed by atoms with Crippen molar-refractivity contribution in [3.8, 4) is 5.75 Å². The van der Waals surface area contributed by atoms with E-state index in [2.05, 4.69) is 10.8 Å². The van der Waals surface area contributed by atoms with Crippen LogP contribution < -0.4 is 4.74 Å². The smallest absolute Gasteiger partial charge is 0.338 e. The van der Waals surface area contributed by atoms with Gasteiger partial charge in [-0.25, -0.2) is 4.79 Å². The Morgan fingerprint density at radius 2 is 2.17 bits per heavy atom. The van der Waals surface area contributed by atoms with Crippen LogP contribution in [0.5, 0.6) is 5.75 Å². The van der Waals surface area contributed by atoms with Crippen molar-refractivity contribution >= 4 is 5.97 Å². The number of hydrogen-bond acceptors (Lipinski definition) is 3. The van der Waals surface area contributed by atoms with Gasteiger partial charge >= 0.3 is 5.97 Å². The maximum Gasteiger partial charge on any atom is 0.338 e. The molecule has 12 heavy (non-hydrogen) atoms. The number of ether oxygens (including phenoxy) is 2. The number of benzene rings is 1. The minimum atomic E-state index is -0.384. The van der Waals surface area contributed by atoms with Crippen LogP contribution in [0.3, 0.4) is 0 Å². The molecule has 0 heterocycles. The van der Waals surface area contributed by atoms with Gasteiger partial charge < -0.3 is 9.47 Å². The third kappa shape index (κ3) is 1.75. The van der Waals surface area contributed by atoms with Crippen LogP contribution in [0.15, 0.2) is 18.2 Å². The highest BCUT2D eigenvalue weighted by Crippen LogP contribution is 2.12. The van der Waals surface area contributed by atoms with Crippen LogP contribution in [-0.4, -0.2) is 20.2 Å². The van der Waals surface area contributed by atoms with Gasteiger partial charge in [-0.2, -0.15) is 0 Å². The molecular weight excluding hydrogens is 156 g/mol. The average molecular weight is 165 g/mol. The molecule has 63 valence electrons. The summed E-state index contributed by atoms with van der Waals surface area (Å²) in [6.07, 6.45) is 0. The number of methoxy groups -OCH3 is 2. The fraction of sp³-hybridized carbons (Fsp3) is 0.222. The SMILES string of the molecule is COC(=O)c1c[c]cc(OC)c1. The van der Waals surface area contributed by atoms with Gasteiger partial charge in [-0.05, 0) is 24.3 Å². The summed E-state index contributed by atoms with van der Waals surface area (Å²) in [5, 5.41) is 0. The first-order chi connectivity index (χ1) is 5.77. The Hall–Kier alpha value is -1.51. The van der Waals surface area contributed by atoms with Crippen LogP contribution >= 0.6 is 0 Å². The lowest BCUT2D eigenvalue weighted by Gasteiger charge is -2.01. The van der Waals surface area contributed by atoms with Crippen molar-refractivity contribution in [2.45, 2.75) is 0 Å². The molecule has 1 aromatic rings. The van der Waals surface area contributed by atoms with Gasteiger partial charge in [-0.1, -0.05) is 0 Å². The molecule has 0 bridgehead atoms. The van der Waals surface area contributed by atoms with Gasteiger partial charge in [0.05, 0.1) is 19.8 Å². The quantitative estimate of drug-likeness (QED) is 0.619. The maximum atomic E-state index is 11.0. The summed E-state index contributed by atoms with van der Waals surface area (Å²) < 4.78 is 9.43. The molecule has 0 amide bonds. The molecule has 0 aliphatic rings. The van der Waals surface area contributed by atoms with Crippen LogP contribution in [0.1, 0.15) is 10.4 Å². The van der Waals surface area contributed by atoms with E-state index in [-0.39, 0.29) is 5.97 Å². The molecule has 1 radical (unpaired) electrons. The molecule has 3 nitrogen and oxygen atoms in total. The van der Waals surface area contributed by atoms with Gasteiger partial charge in [0.25, 0.3) is 0 Å². The first kappa shape index (κ1) is 8.59. The van der Waals surface area contributed by atoms with Crippen LogP contribution in [0.4, 0.5) is 0 Å². The van der Waals surface area contributed by atoms with E-state index in [1.54, 1.807) is 18.2 Å². The Kier molecular flexibility index (Phi) is 2.69. The molecule has 0 spiro atoms. The Balaban J connectivity index is 2.93. The fourth-order valence-corrected chi connectivity index (χ4v) is 0.804. The topological polar surface area (TPSA) is 35.5 Å². The van der Waals surface area contributed by atoms with Gasteiger partial charge in [-0.3, -0.25) is 0 Å². The van der Waals surface area contributed by atoms with Crippen molar-refractivity contribution in [2.75, 3.05) is 14.2 Å². The second-order valence-corrected chi connectivity index (χ2v) is 2.15. The highest BCUT2D eigenvalue weighted by atomic mass is 16.5. The third-order valence-electron chi connectivity index (χ3n) is 1.42. The summed E-state index contributed by atoms with van der Waals surface area (Å²) in [6, 6.07) is 7.56. The van der Waals surface area contributed by atoms with E-state index in [0.29, 0.717) is 11.3 Å². The lowest BCUT2D eigenvalue weighted by atomic mass is 10.2. The average Bonchev–Trinajstić information content (AvgIpc) is 2.17. The molecule has 0 saturated heterocycles. The Labute approximate surface area is 70.9 Å². The number of rotatable bonds is 2. The normalized spacial score (nSPS) is 9.17. The second kappa shape index (κ2) is 3.76. The minimum absolute atomic E-state index is 0.384. The van der Waals surface area contributed by atoms with Crippen molar-refractivity contribution in [1.29, 1.82) is 0 Å².